The van der Waals surface area contributed by atoms with E-state index in [0.717, 1.165) is 12.8 Å². The standard InChI is InChI=1S/C22H25NO4/c24-21(11-10-18-8-4-5-9-20(18)22(25)26)23(19-13-15-27-16-19)14-12-17-6-2-1-3-7-17/h1-9,19H,10-16H2,(H,25,26). The van der Waals surface area contributed by atoms with Gasteiger partial charge in [-0.1, -0.05) is 48.5 Å². The van der Waals surface area contributed by atoms with Gasteiger partial charge in [0.2, 0.25) is 5.91 Å². The zero-order valence-electron chi connectivity index (χ0n) is 15.3. The molecule has 1 fully saturated rings. The summed E-state index contributed by atoms with van der Waals surface area (Å²) in [5.41, 5.74) is 2.17. The Kier molecular flexibility index (Phi) is 6.60. The van der Waals surface area contributed by atoms with Crippen molar-refractivity contribution in [3.8, 4) is 0 Å². The Morgan fingerprint density at radius 3 is 2.48 bits per heavy atom. The van der Waals surface area contributed by atoms with Crippen molar-refractivity contribution in [1.82, 2.24) is 4.90 Å². The largest absolute Gasteiger partial charge is 0.478 e. The molecule has 1 heterocycles. The second kappa shape index (κ2) is 9.33. The van der Waals surface area contributed by atoms with Crippen LogP contribution in [0.15, 0.2) is 54.6 Å². The van der Waals surface area contributed by atoms with Gasteiger partial charge >= 0.3 is 5.97 Å². The molecular weight excluding hydrogens is 342 g/mol. The van der Waals surface area contributed by atoms with Gasteiger partial charge in [0.15, 0.2) is 0 Å². The zero-order valence-corrected chi connectivity index (χ0v) is 15.3. The molecular formula is C22H25NO4. The van der Waals surface area contributed by atoms with E-state index in [4.69, 9.17) is 4.74 Å². The number of carboxylic acids is 1. The fourth-order valence-corrected chi connectivity index (χ4v) is 3.51. The van der Waals surface area contributed by atoms with Gasteiger partial charge in [-0.05, 0) is 36.5 Å². The maximum atomic E-state index is 12.9. The second-order valence-corrected chi connectivity index (χ2v) is 6.80. The van der Waals surface area contributed by atoms with E-state index in [1.807, 2.05) is 29.2 Å². The number of carbonyl (C=O) groups is 2. The minimum absolute atomic E-state index is 0.0571. The number of nitrogens with zero attached hydrogens (tertiary/aromatic N) is 1. The fourth-order valence-electron chi connectivity index (χ4n) is 3.51. The highest BCUT2D eigenvalue weighted by Gasteiger charge is 2.27. The molecule has 142 valence electrons. The number of hydrogen-bond donors (Lipinski definition) is 1. The van der Waals surface area contributed by atoms with Crippen LogP contribution < -0.4 is 0 Å². The topological polar surface area (TPSA) is 66.8 Å². The summed E-state index contributed by atoms with van der Waals surface area (Å²) in [6, 6.07) is 17.1. The molecule has 0 saturated carbocycles. The summed E-state index contributed by atoms with van der Waals surface area (Å²) in [6.07, 6.45) is 2.38. The van der Waals surface area contributed by atoms with E-state index >= 15 is 0 Å². The van der Waals surface area contributed by atoms with Gasteiger partial charge in [0.1, 0.15) is 0 Å². The highest BCUT2D eigenvalue weighted by atomic mass is 16.5. The molecule has 0 aliphatic carbocycles. The Hall–Kier alpha value is -2.66. The number of aromatic carboxylic acids is 1. The lowest BCUT2D eigenvalue weighted by Gasteiger charge is -2.28. The Labute approximate surface area is 159 Å². The molecule has 1 unspecified atom stereocenters. The third-order valence-electron chi connectivity index (χ3n) is 5.01. The number of carboxylic acid groups (broad SMARTS) is 1. The van der Waals surface area contributed by atoms with Crippen LogP contribution in [0.25, 0.3) is 0 Å². The maximum absolute atomic E-state index is 12.9. The molecule has 1 aliphatic rings. The molecule has 0 aromatic heterocycles. The van der Waals surface area contributed by atoms with Crippen molar-refractivity contribution in [2.24, 2.45) is 0 Å². The summed E-state index contributed by atoms with van der Waals surface area (Å²) < 4.78 is 5.48. The summed E-state index contributed by atoms with van der Waals surface area (Å²) >= 11 is 0. The van der Waals surface area contributed by atoms with Crippen LogP contribution >= 0.6 is 0 Å². The highest BCUT2D eigenvalue weighted by Crippen LogP contribution is 2.17. The minimum Gasteiger partial charge on any atom is -0.478 e. The van der Waals surface area contributed by atoms with Crippen molar-refractivity contribution in [3.05, 3.63) is 71.3 Å². The van der Waals surface area contributed by atoms with Crippen LogP contribution in [0, 0.1) is 0 Å². The lowest BCUT2D eigenvalue weighted by Crippen LogP contribution is -2.42. The first-order valence-corrected chi connectivity index (χ1v) is 9.37. The van der Waals surface area contributed by atoms with E-state index in [0.29, 0.717) is 38.2 Å². The number of rotatable bonds is 8. The number of hydrogen-bond acceptors (Lipinski definition) is 3. The first-order chi connectivity index (χ1) is 13.1. The number of aryl methyl sites for hydroxylation is 1. The van der Waals surface area contributed by atoms with Gasteiger partial charge in [0.05, 0.1) is 18.2 Å². The number of carbonyl (C=O) groups excluding carboxylic acids is 1. The monoisotopic (exact) mass is 367 g/mol. The molecule has 27 heavy (non-hydrogen) atoms. The Morgan fingerprint density at radius 2 is 1.78 bits per heavy atom. The van der Waals surface area contributed by atoms with Crippen molar-refractivity contribution in [2.45, 2.75) is 31.7 Å². The summed E-state index contributed by atoms with van der Waals surface area (Å²) in [4.78, 5) is 26.2. The van der Waals surface area contributed by atoms with Crippen molar-refractivity contribution < 1.29 is 19.4 Å². The normalized spacial score (nSPS) is 16.2. The van der Waals surface area contributed by atoms with E-state index in [9.17, 15) is 14.7 Å². The third kappa shape index (κ3) is 5.17. The van der Waals surface area contributed by atoms with Gasteiger partial charge in [-0.25, -0.2) is 4.79 Å². The number of amides is 1. The Bertz CT molecular complexity index is 769. The molecule has 0 spiro atoms. The Balaban J connectivity index is 1.65. The van der Waals surface area contributed by atoms with Crippen LogP contribution in [0.1, 0.15) is 34.3 Å². The van der Waals surface area contributed by atoms with Gasteiger partial charge in [-0.3, -0.25) is 4.79 Å². The number of ether oxygens (including phenoxy) is 1. The quantitative estimate of drug-likeness (QED) is 0.778. The van der Waals surface area contributed by atoms with Crippen LogP contribution in [-0.2, 0) is 22.4 Å². The molecule has 5 heteroatoms. The highest BCUT2D eigenvalue weighted by molar-refractivity contribution is 5.89. The van der Waals surface area contributed by atoms with Crippen molar-refractivity contribution in [2.75, 3.05) is 19.8 Å². The van der Waals surface area contributed by atoms with Crippen LogP contribution in [0.4, 0.5) is 0 Å². The molecule has 0 bridgehead atoms. The summed E-state index contributed by atoms with van der Waals surface area (Å²) in [5, 5.41) is 9.31. The first kappa shape index (κ1) is 19.1. The number of benzene rings is 2. The fraction of sp³-hybridized carbons (Fsp3) is 0.364. The van der Waals surface area contributed by atoms with E-state index < -0.39 is 5.97 Å². The lowest BCUT2D eigenvalue weighted by atomic mass is 10.0. The predicted octanol–water partition coefficient (Wildman–Crippen LogP) is 3.18. The van der Waals surface area contributed by atoms with Gasteiger partial charge in [-0.15, -0.1) is 0 Å². The van der Waals surface area contributed by atoms with Crippen LogP contribution in [-0.4, -0.2) is 47.7 Å². The third-order valence-corrected chi connectivity index (χ3v) is 5.01. The smallest absolute Gasteiger partial charge is 0.335 e. The summed E-state index contributed by atoms with van der Waals surface area (Å²) in [6.45, 7) is 1.91. The Morgan fingerprint density at radius 1 is 1.04 bits per heavy atom. The predicted molar refractivity (Wildman–Crippen MR) is 103 cm³/mol. The van der Waals surface area contributed by atoms with E-state index in [1.165, 1.54) is 5.56 Å². The molecule has 2 aromatic carbocycles. The van der Waals surface area contributed by atoms with Gasteiger partial charge in [0, 0.05) is 19.6 Å². The molecule has 1 amide bonds. The van der Waals surface area contributed by atoms with E-state index in [2.05, 4.69) is 12.1 Å². The second-order valence-electron chi connectivity index (χ2n) is 6.80. The SMILES string of the molecule is O=C(O)c1ccccc1CCC(=O)N(CCc1ccccc1)C1CCOC1. The summed E-state index contributed by atoms with van der Waals surface area (Å²) in [5.74, 6) is -0.898. The van der Waals surface area contributed by atoms with E-state index in [1.54, 1.807) is 18.2 Å². The van der Waals surface area contributed by atoms with Crippen molar-refractivity contribution in [1.29, 1.82) is 0 Å². The van der Waals surface area contributed by atoms with Crippen molar-refractivity contribution >= 4 is 11.9 Å². The van der Waals surface area contributed by atoms with E-state index in [-0.39, 0.29) is 17.5 Å². The minimum atomic E-state index is -0.955. The molecule has 3 rings (SSSR count). The van der Waals surface area contributed by atoms with Gasteiger partial charge in [0.25, 0.3) is 0 Å². The molecule has 1 saturated heterocycles. The molecule has 1 N–H and O–H groups in total. The first-order valence-electron chi connectivity index (χ1n) is 9.37. The molecule has 1 aliphatic heterocycles. The summed E-state index contributed by atoms with van der Waals surface area (Å²) in [7, 11) is 0. The van der Waals surface area contributed by atoms with Gasteiger partial charge in [-0.2, -0.15) is 0 Å². The van der Waals surface area contributed by atoms with Crippen LogP contribution in [0.5, 0.6) is 0 Å². The van der Waals surface area contributed by atoms with Crippen LogP contribution in [0.2, 0.25) is 0 Å². The van der Waals surface area contributed by atoms with Crippen molar-refractivity contribution in [3.63, 3.8) is 0 Å². The lowest BCUT2D eigenvalue weighted by molar-refractivity contribution is -0.133. The molecule has 2 aromatic rings. The maximum Gasteiger partial charge on any atom is 0.335 e. The molecule has 0 radical (unpaired) electrons. The molecule has 5 nitrogen and oxygen atoms in total. The van der Waals surface area contributed by atoms with Crippen LogP contribution in [0.3, 0.4) is 0 Å². The molecule has 1 atom stereocenters. The average Bonchev–Trinajstić information content (AvgIpc) is 3.22. The zero-order chi connectivity index (χ0) is 19.1. The average molecular weight is 367 g/mol. The van der Waals surface area contributed by atoms with Gasteiger partial charge < -0.3 is 14.7 Å².